The smallest absolute Gasteiger partial charge is 0.251 e. The fourth-order valence-corrected chi connectivity index (χ4v) is 6.59. The number of pyridine rings is 3. The highest BCUT2D eigenvalue weighted by Crippen LogP contribution is 2.43. The van der Waals surface area contributed by atoms with Crippen LogP contribution in [0.15, 0.2) is 58.0 Å². The Labute approximate surface area is 242 Å². The molecular formula is C28H24BrFN4O5S. The van der Waals surface area contributed by atoms with E-state index in [2.05, 4.69) is 31.2 Å². The average Bonchev–Trinajstić information content (AvgIpc) is 3.81. The van der Waals surface area contributed by atoms with Gasteiger partial charge in [-0.2, -0.15) is 0 Å². The summed E-state index contributed by atoms with van der Waals surface area (Å²) in [4.78, 5) is 26.5. The molecule has 1 atom stereocenters. The third kappa shape index (κ3) is 5.06. The quantitative estimate of drug-likeness (QED) is 0.321. The Morgan fingerprint density at radius 1 is 1.20 bits per heavy atom. The summed E-state index contributed by atoms with van der Waals surface area (Å²) in [6.45, 7) is -0.677. The number of amides is 1. The van der Waals surface area contributed by atoms with Gasteiger partial charge in [0.15, 0.2) is 0 Å². The summed E-state index contributed by atoms with van der Waals surface area (Å²) in [5, 5.41) is 3.48. The maximum atomic E-state index is 14.3. The number of nitrogens with zero attached hydrogens (tertiary/aromatic N) is 3. The van der Waals surface area contributed by atoms with Crippen molar-refractivity contribution >= 4 is 42.6 Å². The van der Waals surface area contributed by atoms with Crippen LogP contribution in [0, 0.1) is 0 Å². The summed E-state index contributed by atoms with van der Waals surface area (Å²) in [7, 11) is -6.91. The number of fused-ring (bicyclic) bond motifs is 2. The van der Waals surface area contributed by atoms with Gasteiger partial charge in [0.05, 0.1) is 64.1 Å². The first-order valence-corrected chi connectivity index (χ1v) is 14.8. The molecule has 9 nitrogen and oxygen atoms in total. The molecule has 206 valence electrons. The van der Waals surface area contributed by atoms with E-state index in [4.69, 9.17) is 18.6 Å². The minimum atomic E-state index is -4.33. The molecule has 0 spiro atoms. The number of rotatable bonds is 6. The minimum Gasteiger partial charge on any atom is -0.495 e. The van der Waals surface area contributed by atoms with Crippen LogP contribution in [0.1, 0.15) is 50.2 Å². The molecule has 1 saturated carbocycles. The van der Waals surface area contributed by atoms with Gasteiger partial charge in [-0.1, -0.05) is 15.9 Å². The molecule has 40 heavy (non-hydrogen) atoms. The standard InChI is InChI=1S/C28H24BrFN4O5S/c1-38-24-7-6-22(34-27(24)15-2-3-15)21-5-4-16-11-31-18(10-23(16)33-21)12-32-28(35)17-8-20(29)19-13-39-14-26(30)40(36,37)25(19)9-17/h4-11,15,26H,2-3,12-14H2,1H3,(H,32,35)/t26-/m1/s1/i1D3. The zero-order valence-electron chi connectivity index (χ0n) is 23.9. The number of methoxy groups -OCH3 is 1. The van der Waals surface area contributed by atoms with Crippen LogP contribution in [0.25, 0.3) is 22.3 Å². The van der Waals surface area contributed by atoms with Crippen molar-refractivity contribution in [2.75, 3.05) is 13.6 Å². The molecular weight excluding hydrogens is 603 g/mol. The Bertz CT molecular complexity index is 1870. The van der Waals surface area contributed by atoms with Gasteiger partial charge in [0.2, 0.25) is 15.3 Å². The lowest BCUT2D eigenvalue weighted by molar-refractivity contribution is 0.0946. The van der Waals surface area contributed by atoms with Gasteiger partial charge in [0.25, 0.3) is 5.91 Å². The number of aromatic nitrogens is 3. The van der Waals surface area contributed by atoms with Gasteiger partial charge in [-0.25, -0.2) is 22.8 Å². The number of carbonyl (C=O) groups is 1. The second-order valence-corrected chi connectivity index (χ2v) is 12.5. The summed E-state index contributed by atoms with van der Waals surface area (Å²) in [5.41, 5.74) is 0.898. The number of carbonyl (C=O) groups excluding carboxylic acids is 1. The van der Waals surface area contributed by atoms with Gasteiger partial charge in [-0.15, -0.1) is 0 Å². The van der Waals surface area contributed by atoms with Crippen LogP contribution in [0.4, 0.5) is 4.39 Å². The van der Waals surface area contributed by atoms with Crippen LogP contribution in [0.5, 0.6) is 5.75 Å². The molecule has 1 aromatic carbocycles. The molecule has 2 aliphatic rings. The predicted molar refractivity (Wildman–Crippen MR) is 148 cm³/mol. The monoisotopic (exact) mass is 629 g/mol. The van der Waals surface area contributed by atoms with E-state index in [-0.39, 0.29) is 40.8 Å². The maximum absolute atomic E-state index is 14.3. The van der Waals surface area contributed by atoms with Crippen molar-refractivity contribution in [2.45, 2.75) is 42.3 Å². The van der Waals surface area contributed by atoms with E-state index in [1.807, 2.05) is 6.07 Å². The number of hydrogen-bond donors (Lipinski definition) is 1. The Morgan fingerprint density at radius 3 is 2.80 bits per heavy atom. The summed E-state index contributed by atoms with van der Waals surface area (Å²) < 4.78 is 72.5. The molecule has 1 N–H and O–H groups in total. The molecule has 0 unspecified atom stereocenters. The number of nitrogens with one attached hydrogen (secondary N) is 1. The van der Waals surface area contributed by atoms with Crippen LogP contribution in [-0.2, 0) is 27.7 Å². The molecule has 1 aliphatic carbocycles. The number of halogens is 2. The Morgan fingerprint density at radius 2 is 2.00 bits per heavy atom. The van der Waals surface area contributed by atoms with Crippen molar-refractivity contribution in [3.63, 3.8) is 0 Å². The lowest BCUT2D eigenvalue weighted by Gasteiger charge is -2.12. The Balaban J connectivity index is 1.23. The first kappa shape index (κ1) is 23.2. The fourth-order valence-electron chi connectivity index (χ4n) is 4.53. The van der Waals surface area contributed by atoms with Crippen LogP contribution < -0.4 is 10.1 Å². The van der Waals surface area contributed by atoms with E-state index in [1.165, 1.54) is 6.07 Å². The predicted octanol–water partition coefficient (Wildman–Crippen LogP) is 4.87. The molecule has 1 fully saturated rings. The first-order valence-electron chi connectivity index (χ1n) is 13.9. The Hall–Kier alpha value is -3.48. The third-order valence-electron chi connectivity index (χ3n) is 6.84. The highest BCUT2D eigenvalue weighted by molar-refractivity contribution is 9.10. The van der Waals surface area contributed by atoms with Gasteiger partial charge in [-0.3, -0.25) is 9.78 Å². The van der Waals surface area contributed by atoms with Crippen molar-refractivity contribution in [1.29, 1.82) is 0 Å². The van der Waals surface area contributed by atoms with E-state index in [0.29, 0.717) is 32.8 Å². The molecule has 1 amide bonds. The molecule has 4 heterocycles. The summed E-state index contributed by atoms with van der Waals surface area (Å²) in [6.07, 6.45) is 3.43. The second-order valence-electron chi connectivity index (χ2n) is 9.61. The zero-order valence-corrected chi connectivity index (χ0v) is 23.3. The highest BCUT2D eigenvalue weighted by Gasteiger charge is 2.34. The van der Waals surface area contributed by atoms with E-state index >= 15 is 0 Å². The first-order chi connectivity index (χ1) is 20.4. The molecule has 12 heteroatoms. The van der Waals surface area contributed by atoms with Crippen molar-refractivity contribution in [3.8, 4) is 17.1 Å². The summed E-state index contributed by atoms with van der Waals surface area (Å²) in [6, 6.07) is 11.2. The topological polar surface area (TPSA) is 120 Å². The van der Waals surface area contributed by atoms with E-state index in [0.717, 1.165) is 24.3 Å². The highest BCUT2D eigenvalue weighted by atomic mass is 79.9. The van der Waals surface area contributed by atoms with E-state index in [1.54, 1.807) is 30.5 Å². The summed E-state index contributed by atoms with van der Waals surface area (Å²) >= 11 is 3.28. The van der Waals surface area contributed by atoms with E-state index in [9.17, 15) is 17.6 Å². The average molecular weight is 631 g/mol. The fraction of sp³-hybridized carbons (Fsp3) is 0.286. The summed E-state index contributed by atoms with van der Waals surface area (Å²) in [5.74, 6) is -0.186. The maximum Gasteiger partial charge on any atom is 0.251 e. The lowest BCUT2D eigenvalue weighted by atomic mass is 10.1. The molecule has 0 bridgehead atoms. The zero-order chi connectivity index (χ0) is 30.5. The lowest BCUT2D eigenvalue weighted by Crippen LogP contribution is -2.24. The number of ether oxygens (including phenoxy) is 2. The number of alkyl halides is 1. The molecule has 0 saturated heterocycles. The van der Waals surface area contributed by atoms with Gasteiger partial charge < -0.3 is 14.8 Å². The van der Waals surface area contributed by atoms with Crippen molar-refractivity contribution < 1.29 is 31.2 Å². The van der Waals surface area contributed by atoms with Crippen LogP contribution in [-0.4, -0.2) is 48.4 Å². The normalized spacial score (nSPS) is 19.6. The van der Waals surface area contributed by atoms with E-state index < -0.39 is 34.9 Å². The van der Waals surface area contributed by atoms with Gasteiger partial charge in [-0.05, 0) is 55.3 Å². The number of sulfone groups is 1. The van der Waals surface area contributed by atoms with Crippen molar-refractivity contribution in [3.05, 3.63) is 75.6 Å². The minimum absolute atomic E-state index is 0.0161. The number of hydrogen-bond acceptors (Lipinski definition) is 8. The van der Waals surface area contributed by atoms with Gasteiger partial charge >= 0.3 is 0 Å². The third-order valence-corrected chi connectivity index (χ3v) is 9.33. The molecule has 0 radical (unpaired) electrons. The van der Waals surface area contributed by atoms with Gasteiger partial charge in [0, 0.05) is 33.1 Å². The van der Waals surface area contributed by atoms with Gasteiger partial charge in [0.1, 0.15) is 5.75 Å². The van der Waals surface area contributed by atoms with Crippen LogP contribution in [0.2, 0.25) is 0 Å². The SMILES string of the molecule is [2H]C([2H])([2H])Oc1ccc(-c2ccc3cnc(CNC(=O)c4cc(Br)c5c(c4)S(=O)(=O)[C@@H](F)COC5)cc3n2)nc1C1CC1. The molecule has 6 rings (SSSR count). The van der Waals surface area contributed by atoms with Crippen LogP contribution >= 0.6 is 15.9 Å². The van der Waals surface area contributed by atoms with Crippen LogP contribution in [0.3, 0.4) is 0 Å². The number of benzene rings is 1. The molecule has 3 aromatic heterocycles. The second kappa shape index (κ2) is 10.5. The molecule has 1 aliphatic heterocycles. The van der Waals surface area contributed by atoms with Crippen molar-refractivity contribution in [1.82, 2.24) is 20.3 Å². The van der Waals surface area contributed by atoms with Crippen molar-refractivity contribution in [2.24, 2.45) is 0 Å². The Kier molecular flexibility index (Phi) is 6.10. The molecule has 4 aromatic rings. The largest absolute Gasteiger partial charge is 0.495 e.